The van der Waals surface area contributed by atoms with Crippen molar-refractivity contribution in [1.29, 1.82) is 0 Å². The summed E-state index contributed by atoms with van der Waals surface area (Å²) in [5.41, 5.74) is 2.50. The lowest BCUT2D eigenvalue weighted by molar-refractivity contribution is 0.620. The lowest BCUT2D eigenvalue weighted by Gasteiger charge is -2.35. The van der Waals surface area contributed by atoms with Crippen LogP contribution in [0.4, 0.5) is 11.8 Å². The first-order chi connectivity index (χ1) is 12.8. The number of fused-ring (bicyclic) bond motifs is 3. The van der Waals surface area contributed by atoms with Crippen LogP contribution in [0.15, 0.2) is 47.1 Å². The number of aryl methyl sites for hydroxylation is 1. The predicted molar refractivity (Wildman–Crippen MR) is 101 cm³/mol. The third-order valence-corrected chi connectivity index (χ3v) is 4.73. The predicted octanol–water partition coefficient (Wildman–Crippen LogP) is 2.80. The minimum Gasteiger partial charge on any atom is -0.450 e. The largest absolute Gasteiger partial charge is 0.450 e. The number of rotatable bonds is 2. The molecule has 0 saturated carbocycles. The maximum Gasteiger partial charge on any atom is 0.225 e. The number of hydrogen-bond donors (Lipinski definition) is 0. The molecule has 0 N–H and O–H groups in total. The molecular weight excluding hydrogens is 328 g/mol. The van der Waals surface area contributed by atoms with Crippen molar-refractivity contribution in [2.45, 2.75) is 6.92 Å². The molecule has 0 spiro atoms. The first-order valence-corrected chi connectivity index (χ1v) is 8.72. The Kier molecular flexibility index (Phi) is 3.44. The van der Waals surface area contributed by atoms with Crippen molar-refractivity contribution in [3.63, 3.8) is 0 Å². The van der Waals surface area contributed by atoms with Crippen LogP contribution in [0.25, 0.3) is 22.1 Å². The number of anilines is 2. The minimum atomic E-state index is 0.757. The van der Waals surface area contributed by atoms with Gasteiger partial charge in [-0.3, -0.25) is 0 Å². The van der Waals surface area contributed by atoms with Crippen LogP contribution in [-0.2, 0) is 0 Å². The summed E-state index contributed by atoms with van der Waals surface area (Å²) in [5, 5.41) is 1.03. The fourth-order valence-corrected chi connectivity index (χ4v) is 3.47. The monoisotopic (exact) mass is 346 g/mol. The van der Waals surface area contributed by atoms with Gasteiger partial charge in [-0.05, 0) is 25.1 Å². The van der Waals surface area contributed by atoms with Crippen LogP contribution in [0.2, 0.25) is 0 Å². The van der Waals surface area contributed by atoms with E-state index in [-0.39, 0.29) is 0 Å². The van der Waals surface area contributed by atoms with Gasteiger partial charge in [0, 0.05) is 44.0 Å². The molecule has 4 heterocycles. The van der Waals surface area contributed by atoms with Crippen LogP contribution >= 0.6 is 0 Å². The number of aromatic nitrogens is 4. The number of nitrogens with zero attached hydrogens (tertiary/aromatic N) is 6. The molecule has 4 aromatic rings. The highest BCUT2D eigenvalue weighted by Crippen LogP contribution is 2.33. The molecule has 1 aliphatic rings. The Bertz CT molecular complexity index is 1070. The zero-order valence-corrected chi connectivity index (χ0v) is 14.5. The van der Waals surface area contributed by atoms with E-state index in [1.165, 1.54) is 0 Å². The zero-order chi connectivity index (χ0) is 17.5. The standard InChI is InChI=1S/C19H18N6O/c1-13-22-16-14-5-2-3-6-15(14)26-17(16)18(23-13)24-9-11-25(12-10-24)19-20-7-4-8-21-19/h2-8H,9-12H2,1H3. The molecule has 1 aromatic carbocycles. The molecule has 0 atom stereocenters. The molecule has 1 aliphatic heterocycles. The van der Waals surface area contributed by atoms with Gasteiger partial charge in [0.05, 0.1) is 0 Å². The Labute approximate surface area is 150 Å². The number of furan rings is 1. The Hall–Kier alpha value is -3.22. The summed E-state index contributed by atoms with van der Waals surface area (Å²) < 4.78 is 6.10. The summed E-state index contributed by atoms with van der Waals surface area (Å²) in [5.74, 6) is 2.41. The number of para-hydroxylation sites is 1. The SMILES string of the molecule is Cc1nc(N2CCN(c3ncccn3)CC2)c2oc3ccccc3c2n1. The van der Waals surface area contributed by atoms with Gasteiger partial charge < -0.3 is 14.2 Å². The first-order valence-electron chi connectivity index (χ1n) is 8.72. The third-order valence-electron chi connectivity index (χ3n) is 4.73. The molecule has 0 unspecified atom stereocenters. The summed E-state index contributed by atoms with van der Waals surface area (Å²) in [6, 6.07) is 9.83. The van der Waals surface area contributed by atoms with Gasteiger partial charge in [-0.15, -0.1) is 0 Å². The molecule has 26 heavy (non-hydrogen) atoms. The van der Waals surface area contributed by atoms with E-state index in [0.717, 1.165) is 65.8 Å². The van der Waals surface area contributed by atoms with Gasteiger partial charge in [0.2, 0.25) is 5.95 Å². The van der Waals surface area contributed by atoms with Gasteiger partial charge in [0.1, 0.15) is 16.9 Å². The molecule has 1 fully saturated rings. The topological polar surface area (TPSA) is 71.2 Å². The summed E-state index contributed by atoms with van der Waals surface area (Å²) in [6.45, 7) is 5.28. The number of benzene rings is 1. The van der Waals surface area contributed by atoms with Crippen LogP contribution in [0.1, 0.15) is 5.82 Å². The molecule has 130 valence electrons. The van der Waals surface area contributed by atoms with Crippen molar-refractivity contribution in [2.24, 2.45) is 0 Å². The van der Waals surface area contributed by atoms with Gasteiger partial charge >= 0.3 is 0 Å². The molecule has 7 nitrogen and oxygen atoms in total. The van der Waals surface area contributed by atoms with Crippen LogP contribution in [0.3, 0.4) is 0 Å². The van der Waals surface area contributed by atoms with Gasteiger partial charge in [-0.25, -0.2) is 19.9 Å². The second-order valence-corrected chi connectivity index (χ2v) is 6.39. The Morgan fingerprint density at radius 3 is 2.42 bits per heavy atom. The molecule has 3 aromatic heterocycles. The summed E-state index contributed by atoms with van der Waals surface area (Å²) >= 11 is 0. The Morgan fingerprint density at radius 1 is 0.885 bits per heavy atom. The van der Waals surface area contributed by atoms with E-state index in [9.17, 15) is 0 Å². The van der Waals surface area contributed by atoms with Crippen molar-refractivity contribution in [3.05, 3.63) is 48.5 Å². The van der Waals surface area contributed by atoms with Crippen molar-refractivity contribution in [2.75, 3.05) is 36.0 Å². The third kappa shape index (κ3) is 2.44. The van der Waals surface area contributed by atoms with Gasteiger partial charge in [0.15, 0.2) is 11.4 Å². The fraction of sp³-hybridized carbons (Fsp3) is 0.263. The first kappa shape index (κ1) is 15.1. The fourth-order valence-electron chi connectivity index (χ4n) is 3.47. The normalized spacial score (nSPS) is 15.1. The highest BCUT2D eigenvalue weighted by molar-refractivity contribution is 6.05. The maximum absolute atomic E-state index is 6.10. The summed E-state index contributed by atoms with van der Waals surface area (Å²) in [6.07, 6.45) is 3.56. The lowest BCUT2D eigenvalue weighted by atomic mass is 10.2. The minimum absolute atomic E-state index is 0.757. The molecular formula is C19H18N6O. The van der Waals surface area contributed by atoms with E-state index in [1.54, 1.807) is 12.4 Å². The molecule has 0 bridgehead atoms. The van der Waals surface area contributed by atoms with Crippen LogP contribution < -0.4 is 9.80 Å². The van der Waals surface area contributed by atoms with Crippen molar-refractivity contribution in [1.82, 2.24) is 19.9 Å². The quantitative estimate of drug-likeness (QED) is 0.553. The van der Waals surface area contributed by atoms with Crippen molar-refractivity contribution >= 4 is 33.8 Å². The summed E-state index contributed by atoms with van der Waals surface area (Å²) in [4.78, 5) is 22.5. The van der Waals surface area contributed by atoms with Crippen molar-refractivity contribution < 1.29 is 4.42 Å². The Morgan fingerprint density at radius 2 is 1.62 bits per heavy atom. The highest BCUT2D eigenvalue weighted by Gasteiger charge is 2.24. The van der Waals surface area contributed by atoms with Crippen LogP contribution in [-0.4, -0.2) is 46.1 Å². The van der Waals surface area contributed by atoms with Crippen LogP contribution in [0, 0.1) is 6.92 Å². The van der Waals surface area contributed by atoms with Gasteiger partial charge in [-0.2, -0.15) is 0 Å². The second kappa shape index (κ2) is 5.94. The van der Waals surface area contributed by atoms with Gasteiger partial charge in [0.25, 0.3) is 0 Å². The summed E-state index contributed by atoms with van der Waals surface area (Å²) in [7, 11) is 0. The maximum atomic E-state index is 6.10. The van der Waals surface area contributed by atoms with E-state index in [0.29, 0.717) is 0 Å². The molecule has 5 rings (SSSR count). The molecule has 0 amide bonds. The molecule has 1 saturated heterocycles. The second-order valence-electron chi connectivity index (χ2n) is 6.39. The number of piperazine rings is 1. The van der Waals surface area contributed by atoms with Crippen molar-refractivity contribution in [3.8, 4) is 0 Å². The van der Waals surface area contributed by atoms with E-state index in [2.05, 4.69) is 29.7 Å². The average Bonchev–Trinajstić information content (AvgIpc) is 3.07. The van der Waals surface area contributed by atoms with E-state index in [1.807, 2.05) is 37.3 Å². The van der Waals surface area contributed by atoms with Crippen LogP contribution in [0.5, 0.6) is 0 Å². The highest BCUT2D eigenvalue weighted by atomic mass is 16.3. The molecule has 0 aliphatic carbocycles. The zero-order valence-electron chi connectivity index (χ0n) is 14.5. The van der Waals surface area contributed by atoms with E-state index >= 15 is 0 Å². The average molecular weight is 346 g/mol. The molecule has 0 radical (unpaired) electrons. The smallest absolute Gasteiger partial charge is 0.225 e. The number of hydrogen-bond acceptors (Lipinski definition) is 7. The lowest BCUT2D eigenvalue weighted by Crippen LogP contribution is -2.47. The van der Waals surface area contributed by atoms with E-state index in [4.69, 9.17) is 4.42 Å². The molecule has 7 heteroatoms. The van der Waals surface area contributed by atoms with E-state index < -0.39 is 0 Å². The Balaban J connectivity index is 1.50. The van der Waals surface area contributed by atoms with Gasteiger partial charge in [-0.1, -0.05) is 12.1 Å².